The number of rotatable bonds is 4. The number of para-hydroxylation sites is 1. The minimum atomic E-state index is -0.615. The van der Waals surface area contributed by atoms with Gasteiger partial charge >= 0.3 is 5.69 Å². The van der Waals surface area contributed by atoms with Crippen LogP contribution >= 0.6 is 11.8 Å². The monoisotopic (exact) mass is 295 g/mol. The van der Waals surface area contributed by atoms with E-state index in [-0.39, 0.29) is 21.7 Å². The number of benzene rings is 1. The summed E-state index contributed by atoms with van der Waals surface area (Å²) in [7, 11) is 0. The number of nitrogens with two attached hydrogens (primary N) is 1. The molecule has 0 radical (unpaired) electrons. The number of nitro groups is 1. The Morgan fingerprint density at radius 3 is 2.95 bits per heavy atom. The molecule has 1 aliphatic heterocycles. The van der Waals surface area contributed by atoms with Crippen molar-refractivity contribution in [3.63, 3.8) is 0 Å². The van der Waals surface area contributed by atoms with Gasteiger partial charge in [-0.2, -0.15) is 11.8 Å². The van der Waals surface area contributed by atoms with Crippen LogP contribution in [0.2, 0.25) is 0 Å². The largest absolute Gasteiger partial charge is 0.393 e. The SMILES string of the molecule is CC1(CNC(=O)c2cccc(N)c2[N+](=O)[O-])CCCS1. The summed E-state index contributed by atoms with van der Waals surface area (Å²) in [5.74, 6) is 0.642. The highest BCUT2D eigenvalue weighted by molar-refractivity contribution is 8.00. The molecule has 0 bridgehead atoms. The predicted molar refractivity (Wildman–Crippen MR) is 79.9 cm³/mol. The Hall–Kier alpha value is -1.76. The minimum absolute atomic E-state index is 0.00380. The molecule has 7 heteroatoms. The van der Waals surface area contributed by atoms with E-state index in [1.54, 1.807) is 6.07 Å². The van der Waals surface area contributed by atoms with Crippen LogP contribution in [-0.4, -0.2) is 27.9 Å². The fourth-order valence-corrected chi connectivity index (χ4v) is 3.53. The predicted octanol–water partition coefficient (Wildman–Crippen LogP) is 2.19. The van der Waals surface area contributed by atoms with Gasteiger partial charge in [-0.1, -0.05) is 6.07 Å². The molecule has 1 heterocycles. The Balaban J connectivity index is 2.13. The normalized spacial score (nSPS) is 21.6. The van der Waals surface area contributed by atoms with Crippen LogP contribution in [0.25, 0.3) is 0 Å². The number of hydrogen-bond acceptors (Lipinski definition) is 5. The number of nitrogens with zero attached hydrogens (tertiary/aromatic N) is 1. The van der Waals surface area contributed by atoms with Gasteiger partial charge in [-0.3, -0.25) is 14.9 Å². The second kappa shape index (κ2) is 5.70. The molecule has 0 aromatic heterocycles. The topological polar surface area (TPSA) is 98.3 Å². The molecule has 1 aliphatic rings. The van der Waals surface area contributed by atoms with E-state index < -0.39 is 10.8 Å². The molecule has 20 heavy (non-hydrogen) atoms. The Labute approximate surface area is 121 Å². The molecule has 1 saturated heterocycles. The first-order valence-corrected chi connectivity index (χ1v) is 7.36. The third-order valence-electron chi connectivity index (χ3n) is 3.42. The molecular formula is C13H17N3O3S. The molecular weight excluding hydrogens is 278 g/mol. The second-order valence-corrected chi connectivity index (χ2v) is 6.77. The number of nitrogens with one attached hydrogen (secondary N) is 1. The standard InChI is InChI=1S/C13H17N3O3S/c1-13(6-3-7-20-13)8-15-12(17)9-4-2-5-10(14)11(9)16(18)19/h2,4-5H,3,6-8,14H2,1H3,(H,15,17). The van der Waals surface area contributed by atoms with Crippen LogP contribution in [0.5, 0.6) is 0 Å². The van der Waals surface area contributed by atoms with Crippen LogP contribution < -0.4 is 11.1 Å². The number of carbonyl (C=O) groups is 1. The van der Waals surface area contributed by atoms with E-state index in [0.717, 1.165) is 18.6 Å². The van der Waals surface area contributed by atoms with Gasteiger partial charge in [0, 0.05) is 11.3 Å². The van der Waals surface area contributed by atoms with Gasteiger partial charge in [0.2, 0.25) is 0 Å². The lowest BCUT2D eigenvalue weighted by molar-refractivity contribution is -0.384. The molecule has 3 N–H and O–H groups in total. The minimum Gasteiger partial charge on any atom is -0.393 e. The maximum absolute atomic E-state index is 12.1. The average molecular weight is 295 g/mol. The molecule has 1 fully saturated rings. The zero-order valence-corrected chi connectivity index (χ0v) is 12.0. The maximum atomic E-state index is 12.1. The van der Waals surface area contributed by atoms with Crippen molar-refractivity contribution in [1.82, 2.24) is 5.32 Å². The van der Waals surface area contributed by atoms with Crippen molar-refractivity contribution in [2.75, 3.05) is 18.0 Å². The summed E-state index contributed by atoms with van der Waals surface area (Å²) in [5, 5.41) is 13.8. The van der Waals surface area contributed by atoms with Gasteiger partial charge < -0.3 is 11.1 Å². The van der Waals surface area contributed by atoms with Crippen molar-refractivity contribution in [2.45, 2.75) is 24.5 Å². The van der Waals surface area contributed by atoms with Gasteiger partial charge in [-0.15, -0.1) is 0 Å². The van der Waals surface area contributed by atoms with Crippen molar-refractivity contribution in [1.29, 1.82) is 0 Å². The van der Waals surface area contributed by atoms with E-state index in [4.69, 9.17) is 5.73 Å². The van der Waals surface area contributed by atoms with Crippen molar-refractivity contribution in [3.8, 4) is 0 Å². The van der Waals surface area contributed by atoms with Crippen LogP contribution in [0.3, 0.4) is 0 Å². The molecule has 1 aromatic carbocycles. The first-order chi connectivity index (χ1) is 9.43. The lowest BCUT2D eigenvalue weighted by atomic mass is 10.1. The molecule has 6 nitrogen and oxygen atoms in total. The molecule has 2 rings (SSSR count). The van der Waals surface area contributed by atoms with Crippen LogP contribution in [-0.2, 0) is 0 Å². The molecule has 0 saturated carbocycles. The average Bonchev–Trinajstić information content (AvgIpc) is 2.82. The van der Waals surface area contributed by atoms with Gasteiger partial charge in [0.15, 0.2) is 0 Å². The maximum Gasteiger partial charge on any atom is 0.304 e. The van der Waals surface area contributed by atoms with Gasteiger partial charge in [-0.05, 0) is 37.7 Å². The van der Waals surface area contributed by atoms with Crippen molar-refractivity contribution >= 4 is 29.0 Å². The Kier molecular flexibility index (Phi) is 4.17. The summed E-state index contributed by atoms with van der Waals surface area (Å²) in [6.07, 6.45) is 2.17. The van der Waals surface area contributed by atoms with E-state index >= 15 is 0 Å². The molecule has 0 aliphatic carbocycles. The molecule has 1 aromatic rings. The van der Waals surface area contributed by atoms with Crippen molar-refractivity contribution < 1.29 is 9.72 Å². The molecule has 1 unspecified atom stereocenters. The summed E-state index contributed by atoms with van der Waals surface area (Å²) >= 11 is 1.82. The van der Waals surface area contributed by atoms with Crippen LogP contribution in [0.15, 0.2) is 18.2 Å². The first-order valence-electron chi connectivity index (χ1n) is 6.38. The highest BCUT2D eigenvalue weighted by Crippen LogP contribution is 2.37. The summed E-state index contributed by atoms with van der Waals surface area (Å²) < 4.78 is 0.0186. The van der Waals surface area contributed by atoms with E-state index in [9.17, 15) is 14.9 Å². The Bertz CT molecular complexity index is 542. The number of hydrogen-bond donors (Lipinski definition) is 2. The second-order valence-electron chi connectivity index (χ2n) is 5.09. The number of anilines is 1. The third kappa shape index (κ3) is 3.04. The highest BCUT2D eigenvalue weighted by atomic mass is 32.2. The summed E-state index contributed by atoms with van der Waals surface area (Å²) in [6, 6.07) is 4.39. The van der Waals surface area contributed by atoms with Gasteiger partial charge in [0.1, 0.15) is 11.3 Å². The first kappa shape index (κ1) is 14.6. The van der Waals surface area contributed by atoms with Crippen LogP contribution in [0, 0.1) is 10.1 Å². The Morgan fingerprint density at radius 2 is 2.35 bits per heavy atom. The fourth-order valence-electron chi connectivity index (χ4n) is 2.29. The fraction of sp³-hybridized carbons (Fsp3) is 0.462. The number of thioether (sulfide) groups is 1. The van der Waals surface area contributed by atoms with E-state index in [1.807, 2.05) is 11.8 Å². The molecule has 108 valence electrons. The lowest BCUT2D eigenvalue weighted by Crippen LogP contribution is -2.37. The Morgan fingerprint density at radius 1 is 1.60 bits per heavy atom. The zero-order chi connectivity index (χ0) is 14.8. The van der Waals surface area contributed by atoms with Crippen LogP contribution in [0.4, 0.5) is 11.4 Å². The molecule has 1 amide bonds. The van der Waals surface area contributed by atoms with Crippen LogP contribution in [0.1, 0.15) is 30.1 Å². The zero-order valence-electron chi connectivity index (χ0n) is 11.2. The van der Waals surface area contributed by atoms with Gasteiger partial charge in [0.25, 0.3) is 5.91 Å². The highest BCUT2D eigenvalue weighted by Gasteiger charge is 2.31. The van der Waals surface area contributed by atoms with E-state index in [1.165, 1.54) is 12.1 Å². The summed E-state index contributed by atoms with van der Waals surface area (Å²) in [4.78, 5) is 22.5. The van der Waals surface area contributed by atoms with E-state index in [0.29, 0.717) is 6.54 Å². The van der Waals surface area contributed by atoms with Gasteiger partial charge in [-0.25, -0.2) is 0 Å². The smallest absolute Gasteiger partial charge is 0.304 e. The van der Waals surface area contributed by atoms with Crippen molar-refractivity contribution in [2.24, 2.45) is 0 Å². The van der Waals surface area contributed by atoms with E-state index in [2.05, 4.69) is 12.2 Å². The third-order valence-corrected chi connectivity index (χ3v) is 4.96. The number of amides is 1. The number of nitrogen functional groups attached to an aromatic ring is 1. The summed E-state index contributed by atoms with van der Waals surface area (Å²) in [5.41, 5.74) is 5.27. The quantitative estimate of drug-likeness (QED) is 0.504. The van der Waals surface area contributed by atoms with Crippen molar-refractivity contribution in [3.05, 3.63) is 33.9 Å². The lowest BCUT2D eigenvalue weighted by Gasteiger charge is -2.22. The number of carbonyl (C=O) groups excluding carboxylic acids is 1. The summed E-state index contributed by atoms with van der Waals surface area (Å²) in [6.45, 7) is 2.60. The number of nitro benzene ring substituents is 1. The molecule has 1 atom stereocenters. The van der Waals surface area contributed by atoms with Gasteiger partial charge in [0.05, 0.1) is 4.92 Å². The molecule has 0 spiro atoms.